The highest BCUT2D eigenvalue weighted by atomic mass is 19.1. The molecule has 1 unspecified atom stereocenters. The van der Waals surface area contributed by atoms with Crippen molar-refractivity contribution in [3.8, 4) is 5.75 Å². The van der Waals surface area contributed by atoms with E-state index in [-0.39, 0.29) is 62.6 Å². The highest BCUT2D eigenvalue weighted by Gasteiger charge is 2.50. The summed E-state index contributed by atoms with van der Waals surface area (Å²) in [6, 6.07) is 10.9. The molecule has 2 aromatic rings. The number of nitrogens with two attached hydrogens (primary N) is 1. The molecular formula is C24H29FN6O5. The minimum atomic E-state index is -0.861. The Morgan fingerprint density at radius 2 is 1.81 bits per heavy atom. The summed E-state index contributed by atoms with van der Waals surface area (Å²) in [5.74, 6) is 4.35. The summed E-state index contributed by atoms with van der Waals surface area (Å²) in [6.45, 7) is 0.421. The van der Waals surface area contributed by atoms with E-state index in [2.05, 4.69) is 10.2 Å². The quantitative estimate of drug-likeness (QED) is 0.469. The molecule has 4 amide bonds. The van der Waals surface area contributed by atoms with Crippen LogP contribution in [-0.4, -0.2) is 88.3 Å². The van der Waals surface area contributed by atoms with Crippen molar-refractivity contribution in [3.05, 3.63) is 65.5 Å². The van der Waals surface area contributed by atoms with Crippen LogP contribution in [-0.2, 0) is 27.4 Å². The first kappa shape index (κ1) is 25.4. The van der Waals surface area contributed by atoms with Gasteiger partial charge in [0.15, 0.2) is 0 Å². The lowest BCUT2D eigenvalue weighted by molar-refractivity contribution is -0.187. The first-order valence-electron chi connectivity index (χ1n) is 11.5. The molecule has 2 aromatic carbocycles. The van der Waals surface area contributed by atoms with E-state index in [1.165, 1.54) is 44.1 Å². The van der Waals surface area contributed by atoms with Crippen molar-refractivity contribution in [1.82, 2.24) is 25.1 Å². The van der Waals surface area contributed by atoms with Crippen LogP contribution in [0, 0.1) is 5.82 Å². The summed E-state index contributed by atoms with van der Waals surface area (Å²) >= 11 is 0. The van der Waals surface area contributed by atoms with E-state index in [1.807, 2.05) is 0 Å². The number of rotatable bonds is 7. The lowest BCUT2D eigenvalue weighted by Crippen LogP contribution is -2.76. The molecule has 2 fully saturated rings. The molecule has 0 saturated carbocycles. The Labute approximate surface area is 207 Å². The van der Waals surface area contributed by atoms with Gasteiger partial charge >= 0.3 is 6.03 Å². The molecule has 0 aliphatic carbocycles. The van der Waals surface area contributed by atoms with Gasteiger partial charge in [-0.3, -0.25) is 9.59 Å². The second-order valence-electron chi connectivity index (χ2n) is 8.77. The molecule has 0 spiro atoms. The number of carbonyl (C=O) groups excluding carboxylic acids is 3. The monoisotopic (exact) mass is 500 g/mol. The SMILES string of the molecule is CN1CC(=O)N2C(Cc3ccc(O)cc3)C(=O)N(CCON)C[C@@H]2N1C(=O)NCc1ccc(F)cc1. The Morgan fingerprint density at radius 3 is 2.47 bits per heavy atom. The van der Waals surface area contributed by atoms with Crippen LogP contribution < -0.4 is 11.2 Å². The van der Waals surface area contributed by atoms with Gasteiger partial charge < -0.3 is 25.1 Å². The van der Waals surface area contributed by atoms with Gasteiger partial charge in [-0.15, -0.1) is 0 Å². The van der Waals surface area contributed by atoms with Gasteiger partial charge in [-0.05, 0) is 35.4 Å². The van der Waals surface area contributed by atoms with Crippen molar-refractivity contribution in [1.29, 1.82) is 0 Å². The zero-order valence-electron chi connectivity index (χ0n) is 19.8. The minimum absolute atomic E-state index is 0.0777. The molecule has 2 atom stereocenters. The lowest BCUT2D eigenvalue weighted by atomic mass is 9.99. The maximum absolute atomic E-state index is 13.4. The topological polar surface area (TPSA) is 132 Å². The molecule has 192 valence electrons. The van der Waals surface area contributed by atoms with Crippen LogP contribution in [0.25, 0.3) is 0 Å². The molecule has 11 nitrogen and oxygen atoms in total. The van der Waals surface area contributed by atoms with Gasteiger partial charge in [0.05, 0.1) is 19.7 Å². The Balaban J connectivity index is 1.60. The second-order valence-corrected chi connectivity index (χ2v) is 8.77. The number of aromatic hydroxyl groups is 1. The average Bonchev–Trinajstić information content (AvgIpc) is 2.85. The Hall–Kier alpha value is -3.74. The van der Waals surface area contributed by atoms with Crippen LogP contribution >= 0.6 is 0 Å². The number of hydrogen-bond donors (Lipinski definition) is 3. The number of hydrogen-bond acceptors (Lipinski definition) is 7. The van der Waals surface area contributed by atoms with E-state index in [0.717, 1.165) is 5.56 Å². The van der Waals surface area contributed by atoms with E-state index >= 15 is 0 Å². The third kappa shape index (κ3) is 5.40. The van der Waals surface area contributed by atoms with Gasteiger partial charge in [-0.1, -0.05) is 24.3 Å². The number of hydrazine groups is 1. The Bertz CT molecular complexity index is 1100. The summed E-state index contributed by atoms with van der Waals surface area (Å²) in [5, 5.41) is 15.4. The van der Waals surface area contributed by atoms with Crippen LogP contribution in [0.4, 0.5) is 9.18 Å². The zero-order chi connectivity index (χ0) is 25.8. The largest absolute Gasteiger partial charge is 0.508 e. The average molecular weight is 501 g/mol. The van der Waals surface area contributed by atoms with Gasteiger partial charge in [0.1, 0.15) is 23.8 Å². The van der Waals surface area contributed by atoms with Crippen molar-refractivity contribution in [2.45, 2.75) is 25.2 Å². The molecule has 2 saturated heterocycles. The number of carbonyl (C=O) groups is 3. The fourth-order valence-electron chi connectivity index (χ4n) is 4.59. The van der Waals surface area contributed by atoms with Gasteiger partial charge in [0.25, 0.3) is 0 Å². The number of nitrogens with zero attached hydrogens (tertiary/aromatic N) is 4. The Kier molecular flexibility index (Phi) is 7.67. The highest BCUT2D eigenvalue weighted by Crippen LogP contribution is 2.28. The number of likely N-dealkylation sites (N-methyl/N-ethyl adjacent to an activating group) is 1. The molecule has 0 aromatic heterocycles. The van der Waals surface area contributed by atoms with Crippen LogP contribution in [0.5, 0.6) is 5.75 Å². The first-order chi connectivity index (χ1) is 17.3. The number of urea groups is 1. The lowest BCUT2D eigenvalue weighted by Gasteiger charge is -2.54. The van der Waals surface area contributed by atoms with Crippen LogP contribution in [0.2, 0.25) is 0 Å². The van der Waals surface area contributed by atoms with Crippen molar-refractivity contribution in [3.63, 3.8) is 0 Å². The third-order valence-electron chi connectivity index (χ3n) is 6.35. The van der Waals surface area contributed by atoms with Gasteiger partial charge in [-0.25, -0.2) is 25.1 Å². The summed E-state index contributed by atoms with van der Waals surface area (Å²) in [4.78, 5) is 47.6. The van der Waals surface area contributed by atoms with Gasteiger partial charge in [-0.2, -0.15) is 0 Å². The molecule has 2 heterocycles. The van der Waals surface area contributed by atoms with E-state index in [9.17, 15) is 23.9 Å². The summed E-state index contributed by atoms with van der Waals surface area (Å²) in [6.07, 6.45) is -0.558. The van der Waals surface area contributed by atoms with E-state index in [1.54, 1.807) is 31.3 Å². The number of fused-ring (bicyclic) bond motifs is 1. The number of phenolic OH excluding ortho intramolecular Hbond substituents is 1. The molecular weight excluding hydrogens is 471 g/mol. The van der Waals surface area contributed by atoms with Gasteiger partial charge in [0, 0.05) is 26.6 Å². The van der Waals surface area contributed by atoms with Crippen LogP contribution in [0.3, 0.4) is 0 Å². The van der Waals surface area contributed by atoms with E-state index in [4.69, 9.17) is 5.90 Å². The number of benzene rings is 2. The smallest absolute Gasteiger partial charge is 0.334 e. The molecule has 4 rings (SSSR count). The normalized spacial score (nSPS) is 20.5. The van der Waals surface area contributed by atoms with E-state index in [0.29, 0.717) is 5.56 Å². The summed E-state index contributed by atoms with van der Waals surface area (Å²) in [5.41, 5.74) is 1.46. The second kappa shape index (κ2) is 10.9. The molecule has 4 N–H and O–H groups in total. The zero-order valence-corrected chi connectivity index (χ0v) is 19.8. The maximum atomic E-state index is 13.4. The molecule has 2 aliphatic rings. The van der Waals surface area contributed by atoms with Crippen molar-refractivity contribution in [2.75, 3.05) is 33.3 Å². The molecule has 2 aliphatic heterocycles. The van der Waals surface area contributed by atoms with Crippen LogP contribution in [0.15, 0.2) is 48.5 Å². The Morgan fingerprint density at radius 1 is 1.14 bits per heavy atom. The molecule has 0 bridgehead atoms. The number of halogens is 1. The van der Waals surface area contributed by atoms with Crippen molar-refractivity contribution >= 4 is 17.8 Å². The summed E-state index contributed by atoms with van der Waals surface area (Å²) in [7, 11) is 1.63. The van der Waals surface area contributed by atoms with Crippen molar-refractivity contribution in [2.24, 2.45) is 5.90 Å². The van der Waals surface area contributed by atoms with Crippen LogP contribution in [0.1, 0.15) is 11.1 Å². The predicted molar refractivity (Wildman–Crippen MR) is 126 cm³/mol. The molecule has 36 heavy (non-hydrogen) atoms. The number of phenols is 1. The van der Waals surface area contributed by atoms with Gasteiger partial charge in [0.2, 0.25) is 11.8 Å². The predicted octanol–water partition coefficient (Wildman–Crippen LogP) is 0.402. The van der Waals surface area contributed by atoms with E-state index < -0.39 is 18.2 Å². The van der Waals surface area contributed by atoms with Crippen molar-refractivity contribution < 1.29 is 28.7 Å². The maximum Gasteiger partial charge on any atom is 0.334 e. The fraction of sp³-hybridized carbons (Fsp3) is 0.375. The highest BCUT2D eigenvalue weighted by molar-refractivity contribution is 5.91. The minimum Gasteiger partial charge on any atom is -0.508 e. The fourth-order valence-corrected chi connectivity index (χ4v) is 4.59. The summed E-state index contributed by atoms with van der Waals surface area (Å²) < 4.78 is 13.2. The number of nitrogens with one attached hydrogen (secondary N) is 1. The molecule has 12 heteroatoms. The third-order valence-corrected chi connectivity index (χ3v) is 6.35. The number of amides is 4. The molecule has 0 radical (unpaired) electrons. The number of piperazine rings is 1. The standard InChI is InChI=1S/C24H29FN6O5/c1-28-15-22(33)30-20(12-16-4-8-19(32)9-5-16)23(34)29(10-11-36-26)14-21(30)31(28)24(35)27-13-17-2-6-18(25)7-3-17/h2-9,20-21,32H,10-15,26H2,1H3,(H,27,35)/t20?,21-/m0/s1. The first-order valence-corrected chi connectivity index (χ1v) is 11.5.